The van der Waals surface area contributed by atoms with Crippen LogP contribution in [0.2, 0.25) is 0 Å². The molecular formula is C21H21N3O3S2. The van der Waals surface area contributed by atoms with E-state index in [4.69, 9.17) is 21.7 Å². The van der Waals surface area contributed by atoms with Gasteiger partial charge in [0.05, 0.1) is 19.9 Å². The molecule has 1 amide bonds. The zero-order valence-corrected chi connectivity index (χ0v) is 18.2. The van der Waals surface area contributed by atoms with E-state index in [0.29, 0.717) is 22.2 Å². The average Bonchev–Trinajstić information content (AvgIpc) is 3.17. The quantitative estimate of drug-likeness (QED) is 0.581. The number of anilines is 1. The molecule has 0 saturated heterocycles. The highest BCUT2D eigenvalue weighted by Crippen LogP contribution is 2.26. The van der Waals surface area contributed by atoms with Gasteiger partial charge in [-0.25, -0.2) is 4.98 Å². The smallest absolute Gasteiger partial charge is 0.257 e. The van der Waals surface area contributed by atoms with Gasteiger partial charge in [0.1, 0.15) is 11.5 Å². The van der Waals surface area contributed by atoms with Crippen LogP contribution >= 0.6 is 23.6 Å². The van der Waals surface area contributed by atoms with Gasteiger partial charge in [-0.2, -0.15) is 0 Å². The number of thiocarbonyl (C=S) groups is 1. The Morgan fingerprint density at radius 2 is 1.72 bits per heavy atom. The number of thiazole rings is 1. The fraction of sp³-hybridized carbons (Fsp3) is 0.190. The highest BCUT2D eigenvalue weighted by atomic mass is 32.1. The normalized spacial score (nSPS) is 10.3. The predicted molar refractivity (Wildman–Crippen MR) is 120 cm³/mol. The van der Waals surface area contributed by atoms with Crippen LogP contribution in [0.4, 0.5) is 5.13 Å². The van der Waals surface area contributed by atoms with E-state index in [-0.39, 0.29) is 11.0 Å². The van der Waals surface area contributed by atoms with Gasteiger partial charge < -0.3 is 14.8 Å². The number of methoxy groups -OCH3 is 2. The van der Waals surface area contributed by atoms with E-state index in [2.05, 4.69) is 41.6 Å². The summed E-state index contributed by atoms with van der Waals surface area (Å²) in [5.74, 6) is 0.670. The number of carbonyl (C=O) groups excluding carboxylic acids is 1. The Morgan fingerprint density at radius 1 is 1.03 bits per heavy atom. The number of hydrogen-bond donors (Lipinski definition) is 2. The molecule has 150 valence electrons. The summed E-state index contributed by atoms with van der Waals surface area (Å²) in [6.07, 6.45) is 0. The third kappa shape index (κ3) is 5.10. The van der Waals surface area contributed by atoms with Crippen molar-refractivity contribution in [2.45, 2.75) is 13.8 Å². The van der Waals surface area contributed by atoms with Crippen molar-refractivity contribution in [2.75, 3.05) is 19.5 Å². The summed E-state index contributed by atoms with van der Waals surface area (Å²) >= 11 is 6.68. The highest BCUT2D eigenvalue weighted by Gasteiger charge is 2.13. The molecule has 0 bridgehead atoms. The Labute approximate surface area is 178 Å². The number of aryl methyl sites for hydroxylation is 2. The number of rotatable bonds is 5. The van der Waals surface area contributed by atoms with Gasteiger partial charge >= 0.3 is 0 Å². The number of benzene rings is 2. The number of aromatic nitrogens is 1. The van der Waals surface area contributed by atoms with E-state index in [1.54, 1.807) is 18.2 Å². The van der Waals surface area contributed by atoms with Crippen LogP contribution in [0.1, 0.15) is 21.5 Å². The minimum Gasteiger partial charge on any atom is -0.497 e. The van der Waals surface area contributed by atoms with Crippen LogP contribution in [0.25, 0.3) is 11.3 Å². The first-order chi connectivity index (χ1) is 13.9. The largest absolute Gasteiger partial charge is 0.497 e. The van der Waals surface area contributed by atoms with E-state index in [1.165, 1.54) is 36.7 Å². The van der Waals surface area contributed by atoms with Crippen LogP contribution in [-0.4, -0.2) is 30.2 Å². The minimum atomic E-state index is -0.370. The summed E-state index contributed by atoms with van der Waals surface area (Å²) in [6.45, 7) is 4.15. The molecule has 1 heterocycles. The molecule has 8 heteroatoms. The van der Waals surface area contributed by atoms with Crippen molar-refractivity contribution in [3.05, 3.63) is 58.5 Å². The van der Waals surface area contributed by atoms with Gasteiger partial charge in [0.25, 0.3) is 5.91 Å². The summed E-state index contributed by atoms with van der Waals surface area (Å²) in [5.41, 5.74) is 4.71. The van der Waals surface area contributed by atoms with Gasteiger partial charge in [0.2, 0.25) is 0 Å². The van der Waals surface area contributed by atoms with Crippen LogP contribution in [0.3, 0.4) is 0 Å². The molecule has 3 rings (SSSR count). The van der Waals surface area contributed by atoms with Gasteiger partial charge in [-0.1, -0.05) is 12.1 Å². The molecule has 2 N–H and O–H groups in total. The SMILES string of the molecule is COc1cc(OC)cc(C(=O)NC(=S)Nc2nc(-c3ccc(C)c(C)c3)cs2)c1. The summed E-state index contributed by atoms with van der Waals surface area (Å²) in [6, 6.07) is 11.1. The number of carbonyl (C=O) groups is 1. The zero-order chi connectivity index (χ0) is 21.0. The van der Waals surface area contributed by atoms with Crippen molar-refractivity contribution in [2.24, 2.45) is 0 Å². The standard InChI is InChI=1S/C21H21N3O3S2/c1-12-5-6-14(7-13(12)2)18-11-29-21(22-18)24-20(28)23-19(25)15-8-16(26-3)10-17(9-15)27-4/h5-11H,1-4H3,(H2,22,23,24,25,28). The molecule has 0 spiro atoms. The van der Waals surface area contributed by atoms with Crippen molar-refractivity contribution in [1.29, 1.82) is 0 Å². The van der Waals surface area contributed by atoms with Crippen LogP contribution in [0, 0.1) is 13.8 Å². The number of hydrogen-bond acceptors (Lipinski definition) is 6. The first-order valence-corrected chi connectivity index (χ1v) is 10.1. The van der Waals surface area contributed by atoms with Crippen LogP contribution in [0.5, 0.6) is 11.5 Å². The molecule has 0 saturated carbocycles. The second kappa shape index (κ2) is 9.02. The second-order valence-corrected chi connectivity index (χ2v) is 7.61. The van der Waals surface area contributed by atoms with Gasteiger partial charge in [-0.15, -0.1) is 11.3 Å². The molecule has 0 unspecified atom stereocenters. The maximum absolute atomic E-state index is 12.5. The van der Waals surface area contributed by atoms with E-state index in [1.807, 2.05) is 11.4 Å². The molecular weight excluding hydrogens is 406 g/mol. The van der Waals surface area contributed by atoms with Gasteiger partial charge in [-0.05, 0) is 55.4 Å². The lowest BCUT2D eigenvalue weighted by Gasteiger charge is -2.10. The molecule has 3 aromatic rings. The molecule has 29 heavy (non-hydrogen) atoms. The number of ether oxygens (including phenoxy) is 2. The molecule has 0 aliphatic rings. The lowest BCUT2D eigenvalue weighted by Crippen LogP contribution is -2.34. The average molecular weight is 428 g/mol. The first kappa shape index (κ1) is 20.8. The van der Waals surface area contributed by atoms with Crippen LogP contribution in [0.15, 0.2) is 41.8 Å². The summed E-state index contributed by atoms with van der Waals surface area (Å²) < 4.78 is 10.4. The van der Waals surface area contributed by atoms with Crippen molar-refractivity contribution >= 4 is 39.7 Å². The number of amides is 1. The Balaban J connectivity index is 1.67. The Kier molecular flexibility index (Phi) is 6.46. The van der Waals surface area contributed by atoms with E-state index < -0.39 is 0 Å². The van der Waals surface area contributed by atoms with Gasteiger partial charge in [-0.3, -0.25) is 10.1 Å². The zero-order valence-electron chi connectivity index (χ0n) is 16.5. The first-order valence-electron chi connectivity index (χ1n) is 8.78. The molecule has 6 nitrogen and oxygen atoms in total. The minimum absolute atomic E-state index is 0.165. The second-order valence-electron chi connectivity index (χ2n) is 6.35. The Morgan fingerprint density at radius 3 is 2.34 bits per heavy atom. The molecule has 0 fully saturated rings. The molecule has 2 aromatic carbocycles. The molecule has 0 aliphatic carbocycles. The third-order valence-corrected chi connectivity index (χ3v) is 5.33. The van der Waals surface area contributed by atoms with E-state index >= 15 is 0 Å². The molecule has 0 aliphatic heterocycles. The predicted octanol–water partition coefficient (Wildman–Crippen LogP) is 4.57. The number of nitrogens with one attached hydrogen (secondary N) is 2. The maximum atomic E-state index is 12.5. The Hall–Kier alpha value is -2.97. The number of nitrogens with zero attached hydrogens (tertiary/aromatic N) is 1. The van der Waals surface area contributed by atoms with Crippen molar-refractivity contribution < 1.29 is 14.3 Å². The van der Waals surface area contributed by atoms with Gasteiger partial charge in [0.15, 0.2) is 10.2 Å². The van der Waals surface area contributed by atoms with Crippen LogP contribution < -0.4 is 20.1 Å². The third-order valence-electron chi connectivity index (χ3n) is 4.37. The molecule has 1 aromatic heterocycles. The maximum Gasteiger partial charge on any atom is 0.257 e. The summed E-state index contributed by atoms with van der Waals surface area (Å²) in [4.78, 5) is 17.1. The fourth-order valence-corrected chi connectivity index (χ4v) is 3.58. The Bertz CT molecular complexity index is 1040. The highest BCUT2D eigenvalue weighted by molar-refractivity contribution is 7.80. The van der Waals surface area contributed by atoms with Crippen molar-refractivity contribution in [3.8, 4) is 22.8 Å². The lowest BCUT2D eigenvalue weighted by molar-refractivity contribution is 0.0977. The van der Waals surface area contributed by atoms with Crippen LogP contribution in [-0.2, 0) is 0 Å². The van der Waals surface area contributed by atoms with Gasteiger partial charge in [0, 0.05) is 22.6 Å². The van der Waals surface area contributed by atoms with E-state index in [0.717, 1.165) is 11.3 Å². The van der Waals surface area contributed by atoms with Crippen molar-refractivity contribution in [3.63, 3.8) is 0 Å². The van der Waals surface area contributed by atoms with E-state index in [9.17, 15) is 4.79 Å². The van der Waals surface area contributed by atoms with Crippen molar-refractivity contribution in [1.82, 2.24) is 10.3 Å². The summed E-state index contributed by atoms with van der Waals surface area (Å²) in [5, 5.41) is 8.33. The monoisotopic (exact) mass is 427 g/mol. The summed E-state index contributed by atoms with van der Waals surface area (Å²) in [7, 11) is 3.05. The fourth-order valence-electron chi connectivity index (χ4n) is 2.61. The lowest BCUT2D eigenvalue weighted by atomic mass is 10.1. The molecule has 0 radical (unpaired) electrons. The topological polar surface area (TPSA) is 72.5 Å². The molecule has 0 atom stereocenters.